The Morgan fingerprint density at radius 1 is 1.00 bits per heavy atom. The summed E-state index contributed by atoms with van der Waals surface area (Å²) < 4.78 is 4.93. The SMILES string of the molecule is Cc1ccc(-c2sc(=[N+]3CCCCC3)sc2[S-])cc1. The van der Waals surface area contributed by atoms with E-state index >= 15 is 0 Å². The standard InChI is InChI=1S/C15H17NS3/c1-11-5-7-12(8-6-11)13-14(17)19-15(18-13)16-9-3-2-4-10-16/h5-8H,2-4,9-10H2,1H3. The number of piperidine rings is 1. The summed E-state index contributed by atoms with van der Waals surface area (Å²) in [7, 11) is 0. The van der Waals surface area contributed by atoms with Gasteiger partial charge in [0, 0.05) is 17.7 Å². The predicted octanol–water partition coefficient (Wildman–Crippen LogP) is 3.65. The van der Waals surface area contributed by atoms with Crippen molar-refractivity contribution in [1.82, 2.24) is 4.58 Å². The van der Waals surface area contributed by atoms with Crippen LogP contribution in [0, 0.1) is 6.92 Å². The monoisotopic (exact) mass is 307 g/mol. The van der Waals surface area contributed by atoms with Gasteiger partial charge in [0.15, 0.2) is 0 Å². The summed E-state index contributed by atoms with van der Waals surface area (Å²) in [4.78, 5) is 1.26. The van der Waals surface area contributed by atoms with Gasteiger partial charge in [-0.25, -0.2) is 4.58 Å². The molecule has 0 unspecified atom stereocenters. The fourth-order valence-electron chi connectivity index (χ4n) is 2.36. The molecule has 100 valence electrons. The number of hydrogen-bond donors (Lipinski definition) is 0. The molecule has 0 spiro atoms. The average Bonchev–Trinajstić information content (AvgIpc) is 2.83. The van der Waals surface area contributed by atoms with E-state index in [0.29, 0.717) is 0 Å². The van der Waals surface area contributed by atoms with Gasteiger partial charge in [-0.2, -0.15) is 0 Å². The number of rotatable bonds is 1. The lowest BCUT2D eigenvalue weighted by atomic mass is 10.1. The Morgan fingerprint density at radius 3 is 2.37 bits per heavy atom. The normalized spacial score (nSPS) is 15.7. The molecule has 1 aromatic carbocycles. The Hall–Kier alpha value is -0.710. The van der Waals surface area contributed by atoms with E-state index in [-0.39, 0.29) is 0 Å². The van der Waals surface area contributed by atoms with Crippen LogP contribution in [0.3, 0.4) is 0 Å². The van der Waals surface area contributed by atoms with Gasteiger partial charge in [-0.1, -0.05) is 45.4 Å². The van der Waals surface area contributed by atoms with Gasteiger partial charge in [0.25, 0.3) is 0 Å². The van der Waals surface area contributed by atoms with Crippen LogP contribution in [0.2, 0.25) is 0 Å². The summed E-state index contributed by atoms with van der Waals surface area (Å²) in [6.45, 7) is 4.51. The topological polar surface area (TPSA) is 3.01 Å². The minimum absolute atomic E-state index is 1.04. The smallest absolute Gasteiger partial charge is 0.220 e. The van der Waals surface area contributed by atoms with Gasteiger partial charge < -0.3 is 12.6 Å². The molecule has 0 radical (unpaired) electrons. The highest BCUT2D eigenvalue weighted by atomic mass is 32.2. The molecule has 0 aliphatic carbocycles. The minimum atomic E-state index is 1.04. The molecule has 2 heterocycles. The molecule has 4 heteroatoms. The fourth-order valence-corrected chi connectivity index (χ4v) is 5.42. The number of hydrogen-bond acceptors (Lipinski definition) is 3. The minimum Gasteiger partial charge on any atom is -0.426 e. The van der Waals surface area contributed by atoms with Crippen molar-refractivity contribution in [2.24, 2.45) is 0 Å². The van der Waals surface area contributed by atoms with Crippen LogP contribution in [0.1, 0.15) is 24.8 Å². The molecule has 1 fully saturated rings. The van der Waals surface area contributed by atoms with Gasteiger partial charge >= 0.3 is 0 Å². The first-order valence-electron chi connectivity index (χ1n) is 6.70. The van der Waals surface area contributed by atoms with Gasteiger partial charge in [0.2, 0.25) is 3.98 Å². The van der Waals surface area contributed by atoms with Gasteiger partial charge in [-0.05, 0) is 18.9 Å². The molecule has 2 aromatic rings. The van der Waals surface area contributed by atoms with E-state index in [9.17, 15) is 0 Å². The van der Waals surface area contributed by atoms with Crippen LogP contribution < -0.4 is 8.56 Å². The molecular formula is C15H17NS3. The summed E-state index contributed by atoms with van der Waals surface area (Å²) in [5.74, 6) is 0. The zero-order valence-corrected chi connectivity index (χ0v) is 13.5. The third-order valence-corrected chi connectivity index (χ3v) is 6.59. The van der Waals surface area contributed by atoms with Crippen molar-refractivity contribution < 1.29 is 0 Å². The van der Waals surface area contributed by atoms with E-state index in [2.05, 4.69) is 35.8 Å². The van der Waals surface area contributed by atoms with Crippen LogP contribution in [0.5, 0.6) is 0 Å². The molecule has 1 aromatic heterocycles. The second kappa shape index (κ2) is 5.73. The Morgan fingerprint density at radius 2 is 1.68 bits per heavy atom. The quantitative estimate of drug-likeness (QED) is 0.574. The second-order valence-electron chi connectivity index (χ2n) is 5.00. The molecule has 0 atom stereocenters. The first kappa shape index (κ1) is 13.3. The molecule has 0 N–H and O–H groups in total. The maximum atomic E-state index is 5.56. The lowest BCUT2D eigenvalue weighted by Crippen LogP contribution is -2.31. The van der Waals surface area contributed by atoms with Crippen LogP contribution >= 0.6 is 22.7 Å². The molecule has 3 rings (SSSR count). The molecule has 19 heavy (non-hydrogen) atoms. The van der Waals surface area contributed by atoms with Gasteiger partial charge in [0.1, 0.15) is 13.1 Å². The van der Waals surface area contributed by atoms with E-state index in [0.717, 1.165) is 4.21 Å². The van der Waals surface area contributed by atoms with Crippen molar-refractivity contribution in [2.45, 2.75) is 30.4 Å². The maximum Gasteiger partial charge on any atom is 0.220 e. The summed E-state index contributed by atoms with van der Waals surface area (Å²) in [5.41, 5.74) is 2.56. The van der Waals surface area contributed by atoms with Crippen molar-refractivity contribution in [3.05, 3.63) is 33.8 Å². The average molecular weight is 308 g/mol. The van der Waals surface area contributed by atoms with Crippen molar-refractivity contribution in [3.8, 4) is 10.4 Å². The third kappa shape index (κ3) is 2.91. The van der Waals surface area contributed by atoms with Crippen LogP contribution in [0.25, 0.3) is 10.4 Å². The van der Waals surface area contributed by atoms with E-state index in [1.807, 2.05) is 11.3 Å². The van der Waals surface area contributed by atoms with Crippen LogP contribution in [0.15, 0.2) is 28.5 Å². The Bertz CT molecular complexity index is 626. The van der Waals surface area contributed by atoms with Crippen molar-refractivity contribution in [1.29, 1.82) is 0 Å². The van der Waals surface area contributed by atoms with Crippen LogP contribution in [-0.2, 0) is 12.6 Å². The molecule has 1 saturated heterocycles. The first-order valence-corrected chi connectivity index (χ1v) is 8.74. The van der Waals surface area contributed by atoms with E-state index in [4.69, 9.17) is 12.6 Å². The lowest BCUT2D eigenvalue weighted by Gasteiger charge is -2.08. The third-order valence-electron chi connectivity index (χ3n) is 3.48. The zero-order chi connectivity index (χ0) is 13.2. The molecule has 1 aliphatic heterocycles. The van der Waals surface area contributed by atoms with E-state index < -0.39 is 0 Å². The van der Waals surface area contributed by atoms with E-state index in [1.54, 1.807) is 11.3 Å². The number of nitrogens with zero attached hydrogens (tertiary/aromatic N) is 1. The van der Waals surface area contributed by atoms with Crippen molar-refractivity contribution >= 4 is 35.3 Å². The van der Waals surface area contributed by atoms with Crippen LogP contribution in [-0.4, -0.2) is 13.1 Å². The predicted molar refractivity (Wildman–Crippen MR) is 86.9 cm³/mol. The zero-order valence-electron chi connectivity index (χ0n) is 11.0. The molecule has 0 bridgehead atoms. The lowest BCUT2D eigenvalue weighted by molar-refractivity contribution is 0.459. The molecule has 1 nitrogen and oxygen atoms in total. The summed E-state index contributed by atoms with van der Waals surface area (Å²) in [5, 5.41) is 0. The van der Waals surface area contributed by atoms with Crippen molar-refractivity contribution in [2.75, 3.05) is 13.1 Å². The van der Waals surface area contributed by atoms with E-state index in [1.165, 1.54) is 52.3 Å². The van der Waals surface area contributed by atoms with Gasteiger partial charge in [-0.3, -0.25) is 11.3 Å². The highest BCUT2D eigenvalue weighted by Gasteiger charge is 2.12. The number of aryl methyl sites for hydroxylation is 1. The fraction of sp³-hybridized carbons (Fsp3) is 0.400. The highest BCUT2D eigenvalue weighted by molar-refractivity contribution is 7.64. The molecule has 0 saturated carbocycles. The second-order valence-corrected chi connectivity index (χ2v) is 7.92. The summed E-state index contributed by atoms with van der Waals surface area (Å²) in [6.07, 6.45) is 4.01. The van der Waals surface area contributed by atoms with Gasteiger partial charge in [-0.15, -0.1) is 0 Å². The van der Waals surface area contributed by atoms with Crippen molar-refractivity contribution in [3.63, 3.8) is 0 Å². The maximum absolute atomic E-state index is 5.56. The first-order chi connectivity index (χ1) is 9.24. The number of benzene rings is 1. The van der Waals surface area contributed by atoms with Crippen LogP contribution in [0.4, 0.5) is 0 Å². The summed E-state index contributed by atoms with van der Waals surface area (Å²) >= 11 is 9.20. The summed E-state index contributed by atoms with van der Waals surface area (Å²) in [6, 6.07) is 8.69. The molecule has 0 amide bonds. The largest absolute Gasteiger partial charge is 0.426 e. The molecular weight excluding hydrogens is 290 g/mol. The Kier molecular flexibility index (Phi) is 4.01. The van der Waals surface area contributed by atoms with Gasteiger partial charge in [0.05, 0.1) is 0 Å². The Labute approximate surface area is 127 Å². The Balaban J connectivity index is 2.04. The molecule has 1 aliphatic rings. The highest BCUT2D eigenvalue weighted by Crippen LogP contribution is 2.29.